The fourth-order valence-corrected chi connectivity index (χ4v) is 2.77. The van der Waals surface area contributed by atoms with Crippen molar-refractivity contribution in [2.24, 2.45) is 0 Å². The highest BCUT2D eigenvalue weighted by Gasteiger charge is 2.15. The molecule has 0 radical (unpaired) electrons. The molecule has 112 valence electrons. The standard InChI is InChI=1S/C16H9ClN4O2/c17-10-6-7-12-13(8-10)20(11-4-2-1-3-5-11)15(22)9-14-18-19-16(23)21(12)14/h1-9H. The number of hydrogen-bond donors (Lipinski definition) is 0. The van der Waals surface area contributed by atoms with Crippen molar-refractivity contribution >= 4 is 22.6 Å². The van der Waals surface area contributed by atoms with Crippen LogP contribution in [0.15, 0.2) is 64.2 Å². The molecule has 6 nitrogen and oxygen atoms in total. The molecule has 2 aromatic rings. The van der Waals surface area contributed by atoms with Gasteiger partial charge in [-0.1, -0.05) is 34.9 Å². The van der Waals surface area contributed by atoms with E-state index < -0.39 is 5.69 Å². The third-order valence-electron chi connectivity index (χ3n) is 3.57. The monoisotopic (exact) mass is 324 g/mol. The van der Waals surface area contributed by atoms with Crippen LogP contribution in [0.25, 0.3) is 22.5 Å². The lowest BCUT2D eigenvalue weighted by molar-refractivity contribution is 1.03. The minimum absolute atomic E-state index is 0.196. The quantitative estimate of drug-likeness (QED) is 0.537. The molecular formula is C16H9ClN4O2. The molecule has 0 unspecified atom stereocenters. The smallest absolute Gasteiger partial charge is 0.275 e. The molecule has 0 saturated heterocycles. The van der Waals surface area contributed by atoms with Gasteiger partial charge in [0, 0.05) is 16.8 Å². The van der Waals surface area contributed by atoms with Crippen LogP contribution in [-0.2, 0) is 0 Å². The second kappa shape index (κ2) is 5.03. The number of para-hydroxylation sites is 1. The van der Waals surface area contributed by atoms with Crippen LogP contribution in [0, 0.1) is 0 Å². The number of halogens is 1. The number of aromatic nitrogens is 4. The molecule has 2 aliphatic heterocycles. The Labute approximate surface area is 134 Å². The largest absolute Gasteiger partial charge is 0.372 e. The van der Waals surface area contributed by atoms with Gasteiger partial charge in [-0.05, 0) is 30.3 Å². The van der Waals surface area contributed by atoms with Crippen LogP contribution in [0.2, 0.25) is 5.02 Å². The fourth-order valence-electron chi connectivity index (χ4n) is 2.60. The number of hydrogen-bond acceptors (Lipinski definition) is 4. The maximum Gasteiger partial charge on any atom is 0.372 e. The molecule has 0 aliphatic carbocycles. The van der Waals surface area contributed by atoms with Gasteiger partial charge in [0.1, 0.15) is 0 Å². The lowest BCUT2D eigenvalue weighted by atomic mass is 10.2. The summed E-state index contributed by atoms with van der Waals surface area (Å²) in [7, 11) is 0. The summed E-state index contributed by atoms with van der Waals surface area (Å²) >= 11 is 6.10. The van der Waals surface area contributed by atoms with Gasteiger partial charge >= 0.3 is 5.69 Å². The van der Waals surface area contributed by atoms with Gasteiger partial charge in [0.05, 0.1) is 11.0 Å². The van der Waals surface area contributed by atoms with Crippen LogP contribution >= 0.6 is 11.6 Å². The van der Waals surface area contributed by atoms with Crippen molar-refractivity contribution in [2.75, 3.05) is 0 Å². The Bertz CT molecular complexity index is 1120. The first-order chi connectivity index (χ1) is 11.1. The second-order valence-electron chi connectivity index (χ2n) is 4.96. The molecule has 2 heterocycles. The Kier molecular flexibility index (Phi) is 2.99. The summed E-state index contributed by atoms with van der Waals surface area (Å²) in [5.74, 6) is 0.196. The van der Waals surface area contributed by atoms with Crippen molar-refractivity contribution < 1.29 is 0 Å². The van der Waals surface area contributed by atoms with E-state index in [1.807, 2.05) is 18.2 Å². The van der Waals surface area contributed by atoms with Crippen molar-refractivity contribution in [1.82, 2.24) is 19.3 Å². The van der Waals surface area contributed by atoms with Crippen molar-refractivity contribution in [3.63, 3.8) is 0 Å². The number of benzene rings is 2. The van der Waals surface area contributed by atoms with E-state index in [4.69, 9.17) is 11.6 Å². The molecule has 4 rings (SSSR count). The summed E-state index contributed by atoms with van der Waals surface area (Å²) < 4.78 is 2.79. The topological polar surface area (TPSA) is 69.8 Å². The van der Waals surface area contributed by atoms with Crippen LogP contribution < -0.4 is 11.2 Å². The lowest BCUT2D eigenvalue weighted by Gasteiger charge is -2.07. The van der Waals surface area contributed by atoms with Gasteiger partial charge in [0.15, 0.2) is 5.82 Å². The Balaban J connectivity index is 2.31. The van der Waals surface area contributed by atoms with E-state index in [0.29, 0.717) is 21.7 Å². The van der Waals surface area contributed by atoms with Crippen LogP contribution in [0.3, 0.4) is 0 Å². The lowest BCUT2D eigenvalue weighted by Crippen LogP contribution is -2.15. The molecule has 23 heavy (non-hydrogen) atoms. The second-order valence-corrected chi connectivity index (χ2v) is 5.40. The Hall–Kier alpha value is -2.99. The van der Waals surface area contributed by atoms with Crippen LogP contribution in [-0.4, -0.2) is 19.3 Å². The Morgan fingerprint density at radius 1 is 0.826 bits per heavy atom. The number of rotatable bonds is 1. The zero-order valence-corrected chi connectivity index (χ0v) is 12.4. The molecule has 2 aromatic carbocycles. The highest BCUT2D eigenvalue weighted by molar-refractivity contribution is 6.31. The minimum atomic E-state index is -0.539. The van der Waals surface area contributed by atoms with Crippen molar-refractivity contribution in [3.8, 4) is 11.5 Å². The van der Waals surface area contributed by atoms with Gasteiger partial charge in [0.25, 0.3) is 5.56 Å². The Morgan fingerprint density at radius 3 is 2.39 bits per heavy atom. The van der Waals surface area contributed by atoms with Gasteiger partial charge in [-0.2, -0.15) is 0 Å². The molecule has 0 bridgehead atoms. The maximum atomic E-state index is 12.7. The molecule has 7 heteroatoms. The summed E-state index contributed by atoms with van der Waals surface area (Å²) in [5.41, 5.74) is 0.808. The van der Waals surface area contributed by atoms with E-state index in [1.54, 1.807) is 30.3 Å². The van der Waals surface area contributed by atoms with Crippen LogP contribution in [0.1, 0.15) is 0 Å². The molecule has 2 aliphatic rings. The Morgan fingerprint density at radius 2 is 1.61 bits per heavy atom. The fraction of sp³-hybridized carbons (Fsp3) is 0. The first kappa shape index (κ1) is 13.7. The molecule has 0 aromatic heterocycles. The zero-order chi connectivity index (χ0) is 16.0. The van der Waals surface area contributed by atoms with Gasteiger partial charge in [-0.15, -0.1) is 5.10 Å². The molecular weight excluding hydrogens is 316 g/mol. The predicted octanol–water partition coefficient (Wildman–Crippen LogP) is 2.02. The van der Waals surface area contributed by atoms with E-state index in [9.17, 15) is 9.59 Å². The third kappa shape index (κ3) is 2.11. The average molecular weight is 325 g/mol. The molecule has 0 spiro atoms. The van der Waals surface area contributed by atoms with E-state index in [0.717, 1.165) is 0 Å². The highest BCUT2D eigenvalue weighted by Crippen LogP contribution is 2.21. The summed E-state index contributed by atoms with van der Waals surface area (Å²) in [6.45, 7) is 0. The average Bonchev–Trinajstić information content (AvgIpc) is 2.84. The first-order valence-corrected chi connectivity index (χ1v) is 7.19. The predicted molar refractivity (Wildman–Crippen MR) is 86.9 cm³/mol. The SMILES string of the molecule is O=c1cc2nnc(=O)n-2c2ccc(Cl)cc2n1-c1ccccc1. The van der Waals surface area contributed by atoms with Crippen molar-refractivity contribution in [1.29, 1.82) is 0 Å². The maximum absolute atomic E-state index is 12.7. The molecule has 0 N–H and O–H groups in total. The molecule has 0 amide bonds. The van der Waals surface area contributed by atoms with Gasteiger partial charge in [-0.25, -0.2) is 9.36 Å². The molecule has 0 fully saturated rings. The van der Waals surface area contributed by atoms with Gasteiger partial charge < -0.3 is 0 Å². The summed E-state index contributed by atoms with van der Waals surface area (Å²) in [4.78, 5) is 24.7. The van der Waals surface area contributed by atoms with E-state index in [-0.39, 0.29) is 11.4 Å². The van der Waals surface area contributed by atoms with Crippen molar-refractivity contribution in [2.45, 2.75) is 0 Å². The highest BCUT2D eigenvalue weighted by atomic mass is 35.5. The number of nitrogens with zero attached hydrogens (tertiary/aromatic N) is 4. The van der Waals surface area contributed by atoms with Crippen LogP contribution in [0.5, 0.6) is 0 Å². The van der Waals surface area contributed by atoms with E-state index in [2.05, 4.69) is 10.2 Å². The zero-order valence-electron chi connectivity index (χ0n) is 11.7. The van der Waals surface area contributed by atoms with Crippen LogP contribution in [0.4, 0.5) is 0 Å². The normalized spacial score (nSPS) is 11.2. The minimum Gasteiger partial charge on any atom is -0.275 e. The van der Waals surface area contributed by atoms with Crippen molar-refractivity contribution in [3.05, 3.63) is 80.5 Å². The summed E-state index contributed by atoms with van der Waals surface area (Å²) in [6, 6.07) is 15.4. The summed E-state index contributed by atoms with van der Waals surface area (Å²) in [5, 5.41) is 7.76. The number of fused-ring (bicyclic) bond motifs is 3. The van der Waals surface area contributed by atoms with E-state index in [1.165, 1.54) is 15.2 Å². The molecule has 0 atom stereocenters. The van der Waals surface area contributed by atoms with Gasteiger partial charge in [0.2, 0.25) is 0 Å². The summed E-state index contributed by atoms with van der Waals surface area (Å²) in [6.07, 6.45) is 0. The first-order valence-electron chi connectivity index (χ1n) is 6.81. The molecule has 0 saturated carbocycles. The van der Waals surface area contributed by atoms with E-state index >= 15 is 0 Å². The third-order valence-corrected chi connectivity index (χ3v) is 3.80. The van der Waals surface area contributed by atoms with Gasteiger partial charge in [-0.3, -0.25) is 9.36 Å².